The second-order valence-electron chi connectivity index (χ2n) is 12.0. The van der Waals surface area contributed by atoms with Crippen LogP contribution in [0.1, 0.15) is 48.6 Å². The molecule has 0 spiro atoms. The first-order valence-electron chi connectivity index (χ1n) is 15.1. The third-order valence-corrected chi connectivity index (χ3v) is 7.09. The van der Waals surface area contributed by atoms with Gasteiger partial charge in [-0.25, -0.2) is 4.79 Å². The number of nitrogens with one attached hydrogen (secondary N) is 2. The lowest BCUT2D eigenvalue weighted by Crippen LogP contribution is -2.40. The molecule has 2 unspecified atom stereocenters. The monoisotopic (exact) mass is 605 g/mol. The summed E-state index contributed by atoms with van der Waals surface area (Å²) in [5, 5.41) is 24.4. The van der Waals surface area contributed by atoms with Crippen LogP contribution in [0.15, 0.2) is 103 Å². The molecule has 0 aliphatic rings. The molecular weight excluding hydrogens is 562 g/mol. The highest BCUT2D eigenvalue weighted by molar-refractivity contribution is 5.68. The van der Waals surface area contributed by atoms with Crippen molar-refractivity contribution in [3.05, 3.63) is 131 Å². The molecule has 2 amide bonds. The molecule has 234 valence electrons. The predicted octanol–water partition coefficient (Wildman–Crippen LogP) is 6.75. The van der Waals surface area contributed by atoms with E-state index in [4.69, 9.17) is 10.00 Å². The quantitative estimate of drug-likeness (QED) is 0.164. The minimum Gasteiger partial charge on any atom is -0.444 e. The van der Waals surface area contributed by atoms with Crippen LogP contribution < -0.4 is 10.6 Å². The van der Waals surface area contributed by atoms with Crippen LogP contribution in [-0.4, -0.2) is 35.9 Å². The van der Waals surface area contributed by atoms with Crippen LogP contribution in [0.3, 0.4) is 0 Å². The summed E-state index contributed by atoms with van der Waals surface area (Å²) in [6.07, 6.45) is 1.54. The van der Waals surface area contributed by atoms with Crippen LogP contribution in [-0.2, 0) is 28.9 Å². The standard InChI is InChI=1S/C19H20N2O2.C19H23NO2/c20-12-17-8-4-7-16(9-17)10-18(13-22)19(21-14-23)11-15-5-2-1-3-6-15;1-14-8-10-16(11-9-14)17-7-5-6-15(12-17)13-20-18(21)22-19(2,3)4/h1-9,14,18-19,22H,10-11,13H2,(H,21,23);5-12H,13H2,1-4H3,(H,20,21). The van der Waals surface area contributed by atoms with E-state index in [-0.39, 0.29) is 18.6 Å². The molecule has 7 nitrogen and oxygen atoms in total. The largest absolute Gasteiger partial charge is 0.444 e. The minimum atomic E-state index is -0.478. The highest BCUT2D eigenvalue weighted by Gasteiger charge is 2.21. The molecule has 0 bridgehead atoms. The van der Waals surface area contributed by atoms with E-state index < -0.39 is 11.7 Å². The van der Waals surface area contributed by atoms with E-state index in [1.54, 1.807) is 6.07 Å². The van der Waals surface area contributed by atoms with Gasteiger partial charge in [-0.1, -0.05) is 90.5 Å². The van der Waals surface area contributed by atoms with E-state index in [1.165, 1.54) is 11.1 Å². The maximum Gasteiger partial charge on any atom is 0.407 e. The molecule has 3 N–H and O–H groups in total. The number of alkyl carbamates (subject to hydrolysis) is 1. The molecule has 0 aliphatic carbocycles. The van der Waals surface area contributed by atoms with E-state index in [0.717, 1.165) is 22.3 Å². The molecule has 2 atom stereocenters. The number of carbonyl (C=O) groups excluding carboxylic acids is 2. The SMILES string of the molecule is Cc1ccc(-c2cccc(CNC(=O)OC(C)(C)C)c2)cc1.N#Cc1cccc(CC(CO)C(Cc2ccccc2)NC=O)c1. The topological polar surface area (TPSA) is 111 Å². The first-order valence-corrected chi connectivity index (χ1v) is 15.1. The van der Waals surface area contributed by atoms with Gasteiger partial charge in [0.25, 0.3) is 0 Å². The van der Waals surface area contributed by atoms with Gasteiger partial charge >= 0.3 is 6.09 Å². The summed E-state index contributed by atoms with van der Waals surface area (Å²) >= 11 is 0. The molecule has 0 radical (unpaired) electrons. The first kappa shape index (κ1) is 34.6. The van der Waals surface area contributed by atoms with Crippen molar-refractivity contribution >= 4 is 12.5 Å². The molecule has 7 heteroatoms. The van der Waals surface area contributed by atoms with Gasteiger partial charge in [-0.05, 0) is 86.6 Å². The summed E-state index contributed by atoms with van der Waals surface area (Å²) < 4.78 is 5.24. The Kier molecular flexibility index (Phi) is 13.4. The van der Waals surface area contributed by atoms with E-state index in [9.17, 15) is 14.7 Å². The maximum absolute atomic E-state index is 11.7. The van der Waals surface area contributed by atoms with Gasteiger partial charge in [0.1, 0.15) is 5.60 Å². The molecule has 0 fully saturated rings. The minimum absolute atomic E-state index is 0.0326. The van der Waals surface area contributed by atoms with Gasteiger partial charge in [-0.2, -0.15) is 5.26 Å². The molecule has 0 saturated carbocycles. The number of hydrogen-bond acceptors (Lipinski definition) is 5. The molecule has 4 aromatic carbocycles. The van der Waals surface area contributed by atoms with Crippen LogP contribution in [0, 0.1) is 24.2 Å². The number of hydrogen-bond donors (Lipinski definition) is 3. The number of ether oxygens (including phenoxy) is 1. The van der Waals surface area contributed by atoms with Gasteiger partial charge in [0.2, 0.25) is 6.41 Å². The van der Waals surface area contributed by atoms with E-state index >= 15 is 0 Å². The fourth-order valence-electron chi connectivity index (χ4n) is 4.82. The summed E-state index contributed by atoms with van der Waals surface area (Å²) in [4.78, 5) is 22.6. The number of nitriles is 1. The number of aliphatic hydroxyl groups excluding tert-OH is 1. The normalized spacial score (nSPS) is 12.0. The zero-order valence-corrected chi connectivity index (χ0v) is 26.5. The van der Waals surface area contributed by atoms with Crippen molar-refractivity contribution < 1.29 is 19.4 Å². The van der Waals surface area contributed by atoms with Crippen molar-refractivity contribution in [1.82, 2.24) is 10.6 Å². The van der Waals surface area contributed by atoms with Crippen molar-refractivity contribution in [3.63, 3.8) is 0 Å². The smallest absolute Gasteiger partial charge is 0.407 e. The lowest BCUT2D eigenvalue weighted by Gasteiger charge is -2.25. The molecule has 0 saturated heterocycles. The van der Waals surface area contributed by atoms with Crippen molar-refractivity contribution in [2.75, 3.05) is 6.61 Å². The zero-order chi connectivity index (χ0) is 32.7. The highest BCUT2D eigenvalue weighted by atomic mass is 16.6. The number of rotatable bonds is 11. The summed E-state index contributed by atoms with van der Waals surface area (Å²) in [5.41, 5.74) is 6.81. The Bertz CT molecular complexity index is 1540. The summed E-state index contributed by atoms with van der Waals surface area (Å²) in [6.45, 7) is 8.05. The number of nitrogens with zero attached hydrogens (tertiary/aromatic N) is 1. The highest BCUT2D eigenvalue weighted by Crippen LogP contribution is 2.21. The molecular formula is C38H43N3O4. The summed E-state index contributed by atoms with van der Waals surface area (Å²) in [7, 11) is 0. The van der Waals surface area contributed by atoms with Gasteiger partial charge in [0.15, 0.2) is 0 Å². The van der Waals surface area contributed by atoms with Gasteiger partial charge in [-0.15, -0.1) is 0 Å². The molecule has 0 aromatic heterocycles. The number of carbonyl (C=O) groups is 2. The Balaban J connectivity index is 0.000000246. The zero-order valence-electron chi connectivity index (χ0n) is 26.5. The van der Waals surface area contributed by atoms with Gasteiger partial charge < -0.3 is 20.5 Å². The van der Waals surface area contributed by atoms with Crippen LogP contribution >= 0.6 is 0 Å². The van der Waals surface area contributed by atoms with Crippen LogP contribution in [0.25, 0.3) is 11.1 Å². The molecule has 45 heavy (non-hydrogen) atoms. The number of amides is 2. The van der Waals surface area contributed by atoms with E-state index in [2.05, 4.69) is 60.0 Å². The van der Waals surface area contributed by atoms with Crippen LogP contribution in [0.5, 0.6) is 0 Å². The average molecular weight is 606 g/mol. The second-order valence-corrected chi connectivity index (χ2v) is 12.0. The Hall–Kier alpha value is -4.93. The van der Waals surface area contributed by atoms with E-state index in [0.29, 0.717) is 31.4 Å². The second kappa shape index (κ2) is 17.4. The predicted molar refractivity (Wildman–Crippen MR) is 178 cm³/mol. The third kappa shape index (κ3) is 12.3. The number of benzene rings is 4. The van der Waals surface area contributed by atoms with E-state index in [1.807, 2.05) is 81.4 Å². The molecule has 4 rings (SSSR count). The lowest BCUT2D eigenvalue weighted by molar-refractivity contribution is -0.110. The number of aryl methyl sites for hydroxylation is 1. The fourth-order valence-corrected chi connectivity index (χ4v) is 4.82. The maximum atomic E-state index is 11.7. The average Bonchev–Trinajstić information content (AvgIpc) is 3.03. The molecule has 0 aliphatic heterocycles. The van der Waals surface area contributed by atoms with Gasteiger partial charge in [-0.3, -0.25) is 4.79 Å². The first-order chi connectivity index (χ1) is 21.6. The van der Waals surface area contributed by atoms with Gasteiger partial charge in [0.05, 0.1) is 11.6 Å². The Morgan fingerprint density at radius 3 is 2.18 bits per heavy atom. The van der Waals surface area contributed by atoms with Gasteiger partial charge in [0, 0.05) is 25.1 Å². The van der Waals surface area contributed by atoms with Crippen molar-refractivity contribution in [1.29, 1.82) is 5.26 Å². The molecule has 4 aromatic rings. The third-order valence-electron chi connectivity index (χ3n) is 7.09. The van der Waals surface area contributed by atoms with Crippen molar-refractivity contribution in [2.45, 2.75) is 58.7 Å². The van der Waals surface area contributed by atoms with Crippen molar-refractivity contribution in [2.24, 2.45) is 5.92 Å². The Labute approximate surface area is 266 Å². The number of aliphatic hydroxyl groups is 1. The molecule has 0 heterocycles. The Morgan fingerprint density at radius 1 is 0.867 bits per heavy atom. The Morgan fingerprint density at radius 2 is 1.53 bits per heavy atom. The summed E-state index contributed by atoms with van der Waals surface area (Å²) in [5.74, 6) is -0.116. The lowest BCUT2D eigenvalue weighted by atomic mass is 9.88. The van der Waals surface area contributed by atoms with Crippen LogP contribution in [0.2, 0.25) is 0 Å². The van der Waals surface area contributed by atoms with Crippen molar-refractivity contribution in [3.8, 4) is 17.2 Å². The van der Waals surface area contributed by atoms with Crippen LogP contribution in [0.4, 0.5) is 4.79 Å². The fraction of sp³-hybridized carbons (Fsp3) is 0.289. The summed E-state index contributed by atoms with van der Waals surface area (Å²) in [6, 6.07) is 35.7.